The quantitative estimate of drug-likeness (QED) is 0.892. The second kappa shape index (κ2) is 6.63. The Balaban J connectivity index is 1.67. The largest absolute Gasteiger partial charge is 0.497 e. The van der Waals surface area contributed by atoms with Crippen molar-refractivity contribution in [2.24, 2.45) is 0 Å². The van der Waals surface area contributed by atoms with Crippen LogP contribution in [0.15, 0.2) is 48.5 Å². The predicted octanol–water partition coefficient (Wildman–Crippen LogP) is 4.20. The monoisotopic (exact) mass is 329 g/mol. The highest BCUT2D eigenvalue weighted by atomic mass is 35.5. The van der Waals surface area contributed by atoms with E-state index in [1.54, 1.807) is 31.4 Å². The molecule has 0 unspecified atom stereocenters. The smallest absolute Gasteiger partial charge is 0.251 e. The summed E-state index contributed by atoms with van der Waals surface area (Å²) in [5.74, 6) is 0.700. The number of hydrogen-bond donors (Lipinski definition) is 1. The van der Waals surface area contributed by atoms with E-state index in [0.29, 0.717) is 12.1 Å². The summed E-state index contributed by atoms with van der Waals surface area (Å²) >= 11 is 5.98. The van der Waals surface area contributed by atoms with Crippen molar-refractivity contribution in [3.05, 3.63) is 64.7 Å². The molecule has 2 aromatic rings. The Labute approximate surface area is 141 Å². The van der Waals surface area contributed by atoms with Gasteiger partial charge in [-0.15, -0.1) is 0 Å². The lowest BCUT2D eigenvalue weighted by molar-refractivity contribution is 0.0928. The van der Waals surface area contributed by atoms with E-state index in [1.165, 1.54) is 12.0 Å². The van der Waals surface area contributed by atoms with Gasteiger partial charge in [-0.05, 0) is 54.8 Å². The van der Waals surface area contributed by atoms with E-state index in [0.717, 1.165) is 23.6 Å². The van der Waals surface area contributed by atoms with Crippen molar-refractivity contribution in [3.8, 4) is 5.75 Å². The first-order valence-electron chi connectivity index (χ1n) is 7.81. The van der Waals surface area contributed by atoms with Gasteiger partial charge in [0.05, 0.1) is 7.11 Å². The van der Waals surface area contributed by atoms with Crippen molar-refractivity contribution in [2.45, 2.75) is 24.7 Å². The topological polar surface area (TPSA) is 38.3 Å². The Morgan fingerprint density at radius 1 is 1.13 bits per heavy atom. The molecule has 0 aliphatic heterocycles. The van der Waals surface area contributed by atoms with Crippen molar-refractivity contribution in [1.29, 1.82) is 0 Å². The molecule has 0 radical (unpaired) electrons. The van der Waals surface area contributed by atoms with Crippen LogP contribution in [0.1, 0.15) is 35.2 Å². The van der Waals surface area contributed by atoms with Crippen LogP contribution in [0.3, 0.4) is 0 Å². The zero-order valence-corrected chi connectivity index (χ0v) is 13.9. The van der Waals surface area contributed by atoms with Gasteiger partial charge in [-0.3, -0.25) is 4.79 Å². The number of amides is 1. The first kappa shape index (κ1) is 15.9. The summed E-state index contributed by atoms with van der Waals surface area (Å²) in [4.78, 5) is 12.3. The summed E-state index contributed by atoms with van der Waals surface area (Å²) in [5, 5.41) is 3.82. The molecule has 3 rings (SSSR count). The number of ether oxygens (including phenoxy) is 1. The Kier molecular flexibility index (Phi) is 4.58. The third-order valence-electron chi connectivity index (χ3n) is 4.71. The van der Waals surface area contributed by atoms with E-state index < -0.39 is 0 Å². The number of hydrogen-bond acceptors (Lipinski definition) is 2. The molecule has 1 aliphatic carbocycles. The lowest BCUT2D eigenvalue weighted by Gasteiger charge is -2.42. The minimum atomic E-state index is -0.0482. The van der Waals surface area contributed by atoms with Gasteiger partial charge in [0, 0.05) is 22.5 Å². The zero-order chi connectivity index (χ0) is 16.3. The molecule has 1 amide bonds. The Morgan fingerprint density at radius 2 is 1.78 bits per heavy atom. The van der Waals surface area contributed by atoms with Gasteiger partial charge in [-0.25, -0.2) is 0 Å². The third-order valence-corrected chi connectivity index (χ3v) is 4.96. The molecule has 4 heteroatoms. The summed E-state index contributed by atoms with van der Waals surface area (Å²) in [6.45, 7) is 0.652. The standard InChI is InChI=1S/C19H20ClNO2/c1-23-17-9-3-14(4-10-17)18(22)21-13-19(11-2-12-19)15-5-7-16(20)8-6-15/h3-10H,2,11-13H2,1H3,(H,21,22). The number of halogens is 1. The lowest BCUT2D eigenvalue weighted by atomic mass is 9.64. The number of carbonyl (C=O) groups excluding carboxylic acids is 1. The van der Waals surface area contributed by atoms with E-state index in [1.807, 2.05) is 12.1 Å². The Morgan fingerprint density at radius 3 is 2.30 bits per heavy atom. The van der Waals surface area contributed by atoms with Gasteiger partial charge < -0.3 is 10.1 Å². The van der Waals surface area contributed by atoms with Crippen LogP contribution in [-0.4, -0.2) is 19.6 Å². The lowest BCUT2D eigenvalue weighted by Crippen LogP contribution is -2.45. The molecule has 1 fully saturated rings. The van der Waals surface area contributed by atoms with Gasteiger partial charge in [0.15, 0.2) is 0 Å². The van der Waals surface area contributed by atoms with E-state index in [4.69, 9.17) is 16.3 Å². The van der Waals surface area contributed by atoms with Gasteiger partial charge in [0.1, 0.15) is 5.75 Å². The molecule has 0 atom stereocenters. The van der Waals surface area contributed by atoms with Crippen molar-refractivity contribution in [2.75, 3.05) is 13.7 Å². The Bertz CT molecular complexity index is 676. The molecule has 0 spiro atoms. The predicted molar refractivity (Wildman–Crippen MR) is 92.3 cm³/mol. The van der Waals surface area contributed by atoms with Crippen LogP contribution >= 0.6 is 11.6 Å². The second-order valence-corrected chi connectivity index (χ2v) is 6.49. The maximum atomic E-state index is 12.3. The molecule has 120 valence electrons. The van der Waals surface area contributed by atoms with Crippen molar-refractivity contribution >= 4 is 17.5 Å². The van der Waals surface area contributed by atoms with E-state index in [9.17, 15) is 4.79 Å². The summed E-state index contributed by atoms with van der Waals surface area (Å²) in [7, 11) is 1.61. The van der Waals surface area contributed by atoms with Crippen molar-refractivity contribution in [1.82, 2.24) is 5.32 Å². The fourth-order valence-corrected chi connectivity index (χ4v) is 3.19. The Hall–Kier alpha value is -2.00. The molecular weight excluding hydrogens is 310 g/mol. The van der Waals surface area contributed by atoms with Crippen LogP contribution < -0.4 is 10.1 Å². The summed E-state index contributed by atoms with van der Waals surface area (Å²) in [5.41, 5.74) is 1.95. The number of carbonyl (C=O) groups is 1. The van der Waals surface area contributed by atoms with Crippen LogP contribution in [0.4, 0.5) is 0 Å². The van der Waals surface area contributed by atoms with Crippen molar-refractivity contribution in [3.63, 3.8) is 0 Å². The van der Waals surface area contributed by atoms with E-state index >= 15 is 0 Å². The maximum Gasteiger partial charge on any atom is 0.251 e. The number of benzene rings is 2. The minimum absolute atomic E-state index is 0.0482. The highest BCUT2D eigenvalue weighted by Crippen LogP contribution is 2.43. The van der Waals surface area contributed by atoms with E-state index in [-0.39, 0.29) is 11.3 Å². The fourth-order valence-electron chi connectivity index (χ4n) is 3.07. The number of nitrogens with one attached hydrogen (secondary N) is 1. The van der Waals surface area contributed by atoms with Gasteiger partial charge in [0.2, 0.25) is 0 Å². The highest BCUT2D eigenvalue weighted by Gasteiger charge is 2.38. The normalized spacial score (nSPS) is 15.6. The van der Waals surface area contributed by atoms with Gasteiger partial charge in [0.25, 0.3) is 5.91 Å². The SMILES string of the molecule is COc1ccc(C(=O)NCC2(c3ccc(Cl)cc3)CCC2)cc1. The molecule has 23 heavy (non-hydrogen) atoms. The first-order valence-corrected chi connectivity index (χ1v) is 8.19. The molecule has 1 saturated carbocycles. The summed E-state index contributed by atoms with van der Waals surface area (Å²) in [6, 6.07) is 15.1. The minimum Gasteiger partial charge on any atom is -0.497 e. The molecule has 1 aliphatic rings. The molecular formula is C19H20ClNO2. The van der Waals surface area contributed by atoms with Crippen LogP contribution in [0.2, 0.25) is 5.02 Å². The third kappa shape index (κ3) is 3.35. The van der Waals surface area contributed by atoms with E-state index in [2.05, 4.69) is 17.4 Å². The first-order chi connectivity index (χ1) is 11.1. The van der Waals surface area contributed by atoms with Gasteiger partial charge >= 0.3 is 0 Å². The average molecular weight is 330 g/mol. The molecule has 1 N–H and O–H groups in total. The number of rotatable bonds is 5. The van der Waals surface area contributed by atoms with Gasteiger partial charge in [-0.1, -0.05) is 30.2 Å². The molecule has 3 nitrogen and oxygen atoms in total. The molecule has 0 bridgehead atoms. The molecule has 0 saturated heterocycles. The molecule has 2 aromatic carbocycles. The second-order valence-electron chi connectivity index (χ2n) is 6.05. The average Bonchev–Trinajstić information content (AvgIpc) is 2.55. The van der Waals surface area contributed by atoms with Crippen LogP contribution in [-0.2, 0) is 5.41 Å². The fraction of sp³-hybridized carbons (Fsp3) is 0.316. The van der Waals surface area contributed by atoms with Crippen molar-refractivity contribution < 1.29 is 9.53 Å². The highest BCUT2D eigenvalue weighted by molar-refractivity contribution is 6.30. The number of methoxy groups -OCH3 is 1. The zero-order valence-electron chi connectivity index (χ0n) is 13.1. The summed E-state index contributed by atoms with van der Waals surface area (Å²) in [6.07, 6.45) is 3.39. The van der Waals surface area contributed by atoms with Crippen LogP contribution in [0.25, 0.3) is 0 Å². The molecule has 0 heterocycles. The maximum absolute atomic E-state index is 12.3. The summed E-state index contributed by atoms with van der Waals surface area (Å²) < 4.78 is 5.11. The molecule has 0 aromatic heterocycles. The van der Waals surface area contributed by atoms with Gasteiger partial charge in [-0.2, -0.15) is 0 Å². The van der Waals surface area contributed by atoms with Crippen LogP contribution in [0, 0.1) is 0 Å². The van der Waals surface area contributed by atoms with Crippen LogP contribution in [0.5, 0.6) is 5.75 Å².